The smallest absolute Gasteiger partial charge is 0.255 e. The van der Waals surface area contributed by atoms with E-state index in [1.54, 1.807) is 18.6 Å². The molecule has 0 atom stereocenters. The van der Waals surface area contributed by atoms with Crippen LogP contribution in [0.15, 0.2) is 67.4 Å². The van der Waals surface area contributed by atoms with E-state index in [1.165, 1.54) is 11.9 Å². The summed E-state index contributed by atoms with van der Waals surface area (Å²) in [7, 11) is 0. The van der Waals surface area contributed by atoms with Gasteiger partial charge in [-0.25, -0.2) is 9.97 Å². The van der Waals surface area contributed by atoms with Crippen LogP contribution in [0.25, 0.3) is 11.3 Å². The van der Waals surface area contributed by atoms with E-state index >= 15 is 0 Å². The van der Waals surface area contributed by atoms with Crippen molar-refractivity contribution < 1.29 is 4.79 Å². The molecule has 0 spiro atoms. The predicted octanol–water partition coefficient (Wildman–Crippen LogP) is 3.63. The van der Waals surface area contributed by atoms with Gasteiger partial charge in [-0.15, -0.1) is 0 Å². The first-order chi connectivity index (χ1) is 13.3. The van der Waals surface area contributed by atoms with Crippen molar-refractivity contribution >= 4 is 5.91 Å². The molecule has 0 saturated carbocycles. The summed E-state index contributed by atoms with van der Waals surface area (Å²) in [6, 6.07) is 14.3. The van der Waals surface area contributed by atoms with Crippen LogP contribution in [0.4, 0.5) is 0 Å². The fourth-order valence-electron chi connectivity index (χ4n) is 3.59. The molecule has 1 saturated heterocycles. The maximum Gasteiger partial charge on any atom is 0.255 e. The maximum absolute atomic E-state index is 12.8. The van der Waals surface area contributed by atoms with Crippen molar-refractivity contribution in [2.75, 3.05) is 13.1 Å². The second kappa shape index (κ2) is 8.08. The lowest BCUT2D eigenvalue weighted by Gasteiger charge is -2.32. The van der Waals surface area contributed by atoms with Crippen molar-refractivity contribution in [3.8, 4) is 11.3 Å². The van der Waals surface area contributed by atoms with Gasteiger partial charge in [-0.3, -0.25) is 9.78 Å². The molecule has 4 rings (SSSR count). The van der Waals surface area contributed by atoms with Crippen LogP contribution in [-0.2, 0) is 6.42 Å². The third-order valence-corrected chi connectivity index (χ3v) is 5.14. The van der Waals surface area contributed by atoms with Crippen molar-refractivity contribution in [1.82, 2.24) is 19.9 Å². The molecule has 136 valence electrons. The zero-order chi connectivity index (χ0) is 18.5. The largest absolute Gasteiger partial charge is 0.339 e. The van der Waals surface area contributed by atoms with Gasteiger partial charge in [0.15, 0.2) is 0 Å². The monoisotopic (exact) mass is 358 g/mol. The maximum atomic E-state index is 12.8. The Balaban J connectivity index is 1.35. The van der Waals surface area contributed by atoms with E-state index < -0.39 is 0 Å². The summed E-state index contributed by atoms with van der Waals surface area (Å²) in [5.74, 6) is 0.714. The minimum atomic E-state index is 0.0662. The van der Waals surface area contributed by atoms with E-state index in [9.17, 15) is 4.79 Å². The molecule has 2 aromatic heterocycles. The van der Waals surface area contributed by atoms with Crippen LogP contribution in [0.5, 0.6) is 0 Å². The van der Waals surface area contributed by atoms with Crippen LogP contribution in [0.2, 0.25) is 0 Å². The molecule has 27 heavy (non-hydrogen) atoms. The van der Waals surface area contributed by atoms with E-state index in [0.29, 0.717) is 11.5 Å². The Labute approximate surface area is 159 Å². The number of amides is 1. The van der Waals surface area contributed by atoms with Gasteiger partial charge in [0.05, 0.1) is 11.3 Å². The normalized spacial score (nSPS) is 14.9. The number of hydrogen-bond donors (Lipinski definition) is 0. The summed E-state index contributed by atoms with van der Waals surface area (Å²) in [5, 5.41) is 0. The van der Waals surface area contributed by atoms with E-state index in [1.807, 2.05) is 17.0 Å². The number of carbonyl (C=O) groups is 1. The number of nitrogens with zero attached hydrogens (tertiary/aromatic N) is 4. The number of rotatable bonds is 4. The summed E-state index contributed by atoms with van der Waals surface area (Å²) < 4.78 is 0. The van der Waals surface area contributed by atoms with Crippen LogP contribution in [0.3, 0.4) is 0 Å². The summed E-state index contributed by atoms with van der Waals surface area (Å²) in [4.78, 5) is 27.1. The quantitative estimate of drug-likeness (QED) is 0.714. The Morgan fingerprint density at radius 3 is 2.37 bits per heavy atom. The Bertz CT molecular complexity index is 873. The summed E-state index contributed by atoms with van der Waals surface area (Å²) in [6.07, 6.45) is 9.77. The Kier molecular flexibility index (Phi) is 5.19. The first kappa shape index (κ1) is 17.3. The van der Waals surface area contributed by atoms with Gasteiger partial charge in [0.2, 0.25) is 0 Å². The number of aromatic nitrogens is 3. The molecule has 1 aromatic carbocycles. The van der Waals surface area contributed by atoms with Crippen LogP contribution in [-0.4, -0.2) is 38.8 Å². The molecule has 1 fully saturated rings. The minimum absolute atomic E-state index is 0.0662. The van der Waals surface area contributed by atoms with E-state index in [4.69, 9.17) is 0 Å². The highest BCUT2D eigenvalue weighted by atomic mass is 16.2. The molecule has 3 heterocycles. The molecule has 0 bridgehead atoms. The molecule has 1 aliphatic rings. The van der Waals surface area contributed by atoms with Crippen LogP contribution in [0, 0.1) is 5.92 Å². The molecule has 3 aromatic rings. The second-order valence-electron chi connectivity index (χ2n) is 6.98. The molecular formula is C22H22N4O. The Hall–Kier alpha value is -3.08. The third kappa shape index (κ3) is 4.19. The van der Waals surface area contributed by atoms with Crippen molar-refractivity contribution in [1.29, 1.82) is 0 Å². The van der Waals surface area contributed by atoms with Gasteiger partial charge in [0.1, 0.15) is 6.33 Å². The number of piperidine rings is 1. The molecule has 0 unspecified atom stereocenters. The molecule has 1 aliphatic heterocycles. The Morgan fingerprint density at radius 2 is 1.70 bits per heavy atom. The highest BCUT2D eigenvalue weighted by Crippen LogP contribution is 2.23. The van der Waals surface area contributed by atoms with E-state index in [0.717, 1.165) is 43.6 Å². The van der Waals surface area contributed by atoms with Crippen molar-refractivity contribution in [2.45, 2.75) is 19.3 Å². The first-order valence-corrected chi connectivity index (χ1v) is 9.34. The van der Waals surface area contributed by atoms with E-state index in [2.05, 4.69) is 45.3 Å². The van der Waals surface area contributed by atoms with Gasteiger partial charge >= 0.3 is 0 Å². The molecule has 5 nitrogen and oxygen atoms in total. The second-order valence-corrected chi connectivity index (χ2v) is 6.98. The number of carbonyl (C=O) groups excluding carboxylic acids is 1. The Morgan fingerprint density at radius 1 is 0.963 bits per heavy atom. The van der Waals surface area contributed by atoms with Crippen molar-refractivity contribution in [3.05, 3.63) is 78.5 Å². The molecule has 5 heteroatoms. The highest BCUT2D eigenvalue weighted by Gasteiger charge is 2.24. The summed E-state index contributed by atoms with van der Waals surface area (Å²) >= 11 is 0. The number of pyridine rings is 1. The zero-order valence-corrected chi connectivity index (χ0v) is 15.2. The lowest BCUT2D eigenvalue weighted by atomic mass is 9.90. The molecule has 0 N–H and O–H groups in total. The first-order valence-electron chi connectivity index (χ1n) is 9.34. The van der Waals surface area contributed by atoms with Crippen LogP contribution in [0.1, 0.15) is 28.8 Å². The van der Waals surface area contributed by atoms with Gasteiger partial charge in [0, 0.05) is 37.2 Å². The SMILES string of the molecule is O=C(c1ccc(-c2cncnc2)nc1)N1CCC(Cc2ccccc2)CC1. The lowest BCUT2D eigenvalue weighted by Crippen LogP contribution is -2.38. The van der Waals surface area contributed by atoms with Crippen molar-refractivity contribution in [3.63, 3.8) is 0 Å². The average Bonchev–Trinajstić information content (AvgIpc) is 2.75. The lowest BCUT2D eigenvalue weighted by molar-refractivity contribution is 0.0690. The number of hydrogen-bond acceptors (Lipinski definition) is 4. The van der Waals surface area contributed by atoms with Crippen LogP contribution < -0.4 is 0 Å². The third-order valence-electron chi connectivity index (χ3n) is 5.14. The molecule has 1 amide bonds. The molecule has 0 aliphatic carbocycles. The summed E-state index contributed by atoms with van der Waals surface area (Å²) in [5.41, 5.74) is 3.64. The number of benzene rings is 1. The highest BCUT2D eigenvalue weighted by molar-refractivity contribution is 5.94. The predicted molar refractivity (Wildman–Crippen MR) is 104 cm³/mol. The van der Waals surface area contributed by atoms with Gasteiger partial charge in [-0.2, -0.15) is 0 Å². The fraction of sp³-hybridized carbons (Fsp3) is 0.273. The summed E-state index contributed by atoms with van der Waals surface area (Å²) in [6.45, 7) is 1.62. The van der Waals surface area contributed by atoms with Crippen LogP contribution >= 0.6 is 0 Å². The molecular weight excluding hydrogens is 336 g/mol. The van der Waals surface area contributed by atoms with Crippen molar-refractivity contribution in [2.24, 2.45) is 5.92 Å². The topological polar surface area (TPSA) is 59.0 Å². The fourth-order valence-corrected chi connectivity index (χ4v) is 3.59. The zero-order valence-electron chi connectivity index (χ0n) is 15.2. The molecule has 0 radical (unpaired) electrons. The van der Waals surface area contributed by atoms with Gasteiger partial charge in [0.25, 0.3) is 5.91 Å². The number of likely N-dealkylation sites (tertiary alicyclic amines) is 1. The minimum Gasteiger partial charge on any atom is -0.339 e. The average molecular weight is 358 g/mol. The van der Waals surface area contributed by atoms with Gasteiger partial charge in [-0.1, -0.05) is 30.3 Å². The standard InChI is InChI=1S/C22H22N4O/c27-22(19-6-7-21(25-15-19)20-13-23-16-24-14-20)26-10-8-18(9-11-26)12-17-4-2-1-3-5-17/h1-7,13-16,18H,8-12H2. The van der Waals surface area contributed by atoms with Gasteiger partial charge < -0.3 is 4.90 Å². The van der Waals surface area contributed by atoms with E-state index in [-0.39, 0.29) is 5.91 Å². The van der Waals surface area contributed by atoms with Gasteiger partial charge in [-0.05, 0) is 42.9 Å².